The van der Waals surface area contributed by atoms with Gasteiger partial charge >= 0.3 is 6.18 Å². The average molecular weight is 386 g/mol. The number of carbonyl (C=O) groups excluding carboxylic acids is 1. The van der Waals surface area contributed by atoms with Crippen molar-refractivity contribution in [3.8, 4) is 16.9 Å². The summed E-state index contributed by atoms with van der Waals surface area (Å²) in [5.41, 5.74) is -0.299. The summed E-state index contributed by atoms with van der Waals surface area (Å²) < 4.78 is 58.6. The monoisotopic (exact) mass is 385 g/mol. The van der Waals surface area contributed by atoms with Gasteiger partial charge in [-0.15, -0.1) is 0 Å². The predicted octanol–water partition coefficient (Wildman–Crippen LogP) is 3.91. The molecule has 136 valence electrons. The zero-order chi connectivity index (χ0) is 19.2. The Morgan fingerprint density at radius 1 is 1.23 bits per heavy atom. The minimum absolute atomic E-state index is 0.0354. The van der Waals surface area contributed by atoms with E-state index in [0.29, 0.717) is 5.56 Å². The van der Waals surface area contributed by atoms with Crippen LogP contribution in [0.5, 0.6) is 5.75 Å². The highest BCUT2D eigenvalue weighted by Crippen LogP contribution is 2.44. The highest BCUT2D eigenvalue weighted by Gasteiger charge is 2.47. The summed E-state index contributed by atoms with van der Waals surface area (Å²) in [7, 11) is 0. The van der Waals surface area contributed by atoms with E-state index < -0.39 is 29.6 Å². The zero-order valence-electron chi connectivity index (χ0n) is 13.2. The third-order valence-corrected chi connectivity index (χ3v) is 4.15. The van der Waals surface area contributed by atoms with Gasteiger partial charge in [-0.05, 0) is 42.3 Å². The van der Waals surface area contributed by atoms with Gasteiger partial charge in [-0.25, -0.2) is 4.39 Å². The SMILES string of the molecule is Cc1ccc(-c2cc(Cl)cc3c2OC(C(F)(F)F)C(C(=O)[O-])=C3)cc1F. The highest BCUT2D eigenvalue weighted by atomic mass is 35.5. The molecule has 0 aromatic heterocycles. The van der Waals surface area contributed by atoms with E-state index in [-0.39, 0.29) is 27.5 Å². The Bertz CT molecular complexity index is 935. The standard InChI is InChI=1S/C18H11ClF4O3/c1-8-2-3-9(6-14(8)20)12-7-11(19)4-10-5-13(17(24)25)16(18(21,22)23)26-15(10)12/h2-7,16H,1H3,(H,24,25)/p-1. The van der Waals surface area contributed by atoms with Crippen molar-refractivity contribution in [3.05, 3.63) is 57.9 Å². The molecule has 0 saturated carbocycles. The molecule has 0 N–H and O–H groups in total. The number of carboxylic acid groups (broad SMARTS) is 1. The van der Waals surface area contributed by atoms with E-state index in [1.54, 1.807) is 0 Å². The van der Waals surface area contributed by atoms with Crippen LogP contribution in [0.2, 0.25) is 5.02 Å². The number of aryl methyl sites for hydroxylation is 1. The van der Waals surface area contributed by atoms with Crippen molar-refractivity contribution in [2.24, 2.45) is 0 Å². The number of alkyl halides is 3. The average Bonchev–Trinajstić information content (AvgIpc) is 2.54. The van der Waals surface area contributed by atoms with Gasteiger partial charge in [0.25, 0.3) is 0 Å². The molecule has 1 unspecified atom stereocenters. The van der Waals surface area contributed by atoms with Crippen molar-refractivity contribution >= 4 is 23.6 Å². The van der Waals surface area contributed by atoms with Gasteiger partial charge in [0.05, 0.1) is 5.97 Å². The lowest BCUT2D eigenvalue weighted by atomic mass is 9.95. The van der Waals surface area contributed by atoms with E-state index in [1.807, 2.05) is 0 Å². The topological polar surface area (TPSA) is 49.4 Å². The van der Waals surface area contributed by atoms with Crippen LogP contribution in [0.15, 0.2) is 35.9 Å². The lowest BCUT2D eigenvalue weighted by molar-refractivity contribution is -0.302. The Balaban J connectivity index is 2.24. The lowest BCUT2D eigenvalue weighted by Gasteiger charge is -2.30. The molecule has 0 bridgehead atoms. The quantitative estimate of drug-likeness (QED) is 0.736. The zero-order valence-corrected chi connectivity index (χ0v) is 13.9. The van der Waals surface area contributed by atoms with Crippen molar-refractivity contribution in [3.63, 3.8) is 0 Å². The van der Waals surface area contributed by atoms with Crippen molar-refractivity contribution in [2.45, 2.75) is 19.2 Å². The molecule has 1 aliphatic rings. The number of ether oxygens (including phenoxy) is 1. The number of hydrogen-bond acceptors (Lipinski definition) is 3. The fraction of sp³-hybridized carbons (Fsp3) is 0.167. The van der Waals surface area contributed by atoms with E-state index in [9.17, 15) is 27.5 Å². The van der Waals surface area contributed by atoms with Gasteiger partial charge in [0.15, 0.2) is 0 Å². The first-order valence-electron chi connectivity index (χ1n) is 7.34. The van der Waals surface area contributed by atoms with Crippen LogP contribution in [-0.4, -0.2) is 18.2 Å². The van der Waals surface area contributed by atoms with E-state index >= 15 is 0 Å². The molecule has 0 saturated heterocycles. The molecule has 1 aliphatic heterocycles. The maximum absolute atomic E-state index is 13.9. The van der Waals surface area contributed by atoms with Gasteiger partial charge in [0.1, 0.15) is 11.6 Å². The van der Waals surface area contributed by atoms with Gasteiger partial charge in [-0.3, -0.25) is 0 Å². The molecule has 1 heterocycles. The minimum atomic E-state index is -4.97. The van der Waals surface area contributed by atoms with Gasteiger partial charge < -0.3 is 14.6 Å². The smallest absolute Gasteiger partial charge is 0.429 e. The molecule has 1 atom stereocenters. The number of hydrogen-bond donors (Lipinski definition) is 0. The number of carbonyl (C=O) groups is 1. The highest BCUT2D eigenvalue weighted by molar-refractivity contribution is 6.31. The molecule has 0 fully saturated rings. The molecule has 2 aromatic carbocycles. The van der Waals surface area contributed by atoms with Crippen molar-refractivity contribution < 1.29 is 32.2 Å². The van der Waals surface area contributed by atoms with Gasteiger partial charge in [-0.1, -0.05) is 23.7 Å². The summed E-state index contributed by atoms with van der Waals surface area (Å²) >= 11 is 5.99. The first kappa shape index (κ1) is 18.3. The molecule has 26 heavy (non-hydrogen) atoms. The second-order valence-corrected chi connectivity index (χ2v) is 6.20. The van der Waals surface area contributed by atoms with Crippen LogP contribution in [-0.2, 0) is 4.79 Å². The second kappa shape index (κ2) is 6.32. The maximum atomic E-state index is 13.9. The van der Waals surface area contributed by atoms with Gasteiger partial charge in [0.2, 0.25) is 6.10 Å². The minimum Gasteiger partial charge on any atom is -0.545 e. The molecule has 8 heteroatoms. The fourth-order valence-electron chi connectivity index (χ4n) is 2.66. The van der Waals surface area contributed by atoms with E-state index in [4.69, 9.17) is 16.3 Å². The molecular formula is C18H10ClF4O3-. The van der Waals surface area contributed by atoms with Crippen LogP contribution in [0.25, 0.3) is 17.2 Å². The Morgan fingerprint density at radius 3 is 2.50 bits per heavy atom. The van der Waals surface area contributed by atoms with Crippen molar-refractivity contribution in [2.75, 3.05) is 0 Å². The van der Waals surface area contributed by atoms with E-state index in [1.165, 1.54) is 31.2 Å². The number of halogens is 5. The third-order valence-electron chi connectivity index (χ3n) is 3.93. The molecule has 0 radical (unpaired) electrons. The first-order chi connectivity index (χ1) is 12.1. The van der Waals surface area contributed by atoms with Crippen molar-refractivity contribution in [1.29, 1.82) is 0 Å². The summed E-state index contributed by atoms with van der Waals surface area (Å²) in [6.07, 6.45) is -6.86. The normalized spacial score (nSPS) is 16.5. The number of fused-ring (bicyclic) bond motifs is 1. The first-order valence-corrected chi connectivity index (χ1v) is 7.72. The molecule has 2 aromatic rings. The fourth-order valence-corrected chi connectivity index (χ4v) is 2.89. The predicted molar refractivity (Wildman–Crippen MR) is 85.0 cm³/mol. The van der Waals surface area contributed by atoms with E-state index in [2.05, 4.69) is 0 Å². The van der Waals surface area contributed by atoms with Crippen LogP contribution in [0.1, 0.15) is 11.1 Å². The van der Waals surface area contributed by atoms with Crippen molar-refractivity contribution in [1.82, 2.24) is 0 Å². The Morgan fingerprint density at radius 2 is 1.92 bits per heavy atom. The Kier molecular flexibility index (Phi) is 4.44. The van der Waals surface area contributed by atoms with Crippen LogP contribution < -0.4 is 9.84 Å². The molecule has 0 spiro atoms. The van der Waals surface area contributed by atoms with Crippen LogP contribution in [0.4, 0.5) is 17.6 Å². The van der Waals surface area contributed by atoms with E-state index in [0.717, 1.165) is 12.1 Å². The summed E-state index contributed by atoms with van der Waals surface area (Å²) in [5, 5.41) is 11.2. The molecular weight excluding hydrogens is 376 g/mol. The summed E-state index contributed by atoms with van der Waals surface area (Å²) in [6.45, 7) is 1.54. The lowest BCUT2D eigenvalue weighted by Crippen LogP contribution is -2.44. The van der Waals surface area contributed by atoms with Crippen LogP contribution in [0, 0.1) is 12.7 Å². The second-order valence-electron chi connectivity index (χ2n) is 5.76. The number of aliphatic carboxylic acids is 1. The van der Waals surface area contributed by atoms with Gasteiger partial charge in [-0.2, -0.15) is 13.2 Å². The summed E-state index contributed by atoms with van der Waals surface area (Å²) in [4.78, 5) is 11.1. The summed E-state index contributed by atoms with van der Waals surface area (Å²) in [5.74, 6) is -2.78. The van der Waals surface area contributed by atoms with Gasteiger partial charge in [0, 0.05) is 21.7 Å². The number of rotatable bonds is 2. The van der Waals surface area contributed by atoms with Crippen LogP contribution >= 0.6 is 11.6 Å². The molecule has 3 nitrogen and oxygen atoms in total. The van der Waals surface area contributed by atoms with Crippen LogP contribution in [0.3, 0.4) is 0 Å². The summed E-state index contributed by atoms with van der Waals surface area (Å²) in [6, 6.07) is 6.71. The molecule has 3 rings (SSSR count). The third kappa shape index (κ3) is 3.26. The Hall–Kier alpha value is -2.54. The largest absolute Gasteiger partial charge is 0.545 e. The molecule has 0 aliphatic carbocycles. The molecule has 0 amide bonds. The number of benzene rings is 2. The maximum Gasteiger partial charge on any atom is 0.429 e. The number of carboxylic acids is 1. The Labute approximate surface area is 150 Å².